The summed E-state index contributed by atoms with van der Waals surface area (Å²) in [6.45, 7) is 11.9. The molecule has 0 aliphatic heterocycles. The van der Waals surface area contributed by atoms with E-state index in [9.17, 15) is 4.79 Å². The van der Waals surface area contributed by atoms with E-state index in [-0.39, 0.29) is 5.91 Å². The average Bonchev–Trinajstić information content (AvgIpc) is 2.34. The molecule has 0 saturated carbocycles. The lowest BCUT2D eigenvalue weighted by atomic mass is 9.77. The highest BCUT2D eigenvalue weighted by atomic mass is 32.1. The van der Waals surface area contributed by atoms with Crippen molar-refractivity contribution in [3.63, 3.8) is 0 Å². The summed E-state index contributed by atoms with van der Waals surface area (Å²) in [5, 5.41) is 0. The third-order valence-electron chi connectivity index (χ3n) is 3.49. The van der Waals surface area contributed by atoms with E-state index in [1.54, 1.807) is 0 Å². The molecule has 0 aliphatic rings. The molecule has 4 heteroatoms. The van der Waals surface area contributed by atoms with Crippen LogP contribution in [-0.4, -0.2) is 28.9 Å². The predicted molar refractivity (Wildman–Crippen MR) is 86.1 cm³/mol. The van der Waals surface area contributed by atoms with Gasteiger partial charge in [-0.05, 0) is 25.7 Å². The van der Waals surface area contributed by atoms with Gasteiger partial charge in [-0.15, -0.1) is 0 Å². The maximum Gasteiger partial charge on any atom is 0.235 e. The Hall–Kier alpha value is -0.640. The molecule has 19 heavy (non-hydrogen) atoms. The molecule has 0 rings (SSSR count). The van der Waals surface area contributed by atoms with Crippen molar-refractivity contribution in [3.05, 3.63) is 0 Å². The van der Waals surface area contributed by atoms with Crippen LogP contribution in [0, 0.1) is 11.3 Å². The van der Waals surface area contributed by atoms with E-state index in [0.717, 1.165) is 38.8 Å². The molecule has 0 aromatic heterocycles. The topological polar surface area (TPSA) is 46.3 Å². The largest absolute Gasteiger partial charge is 0.392 e. The molecule has 112 valence electrons. The molecule has 0 saturated heterocycles. The Kier molecular flexibility index (Phi) is 8.23. The van der Waals surface area contributed by atoms with Gasteiger partial charge in [0.05, 0.1) is 10.4 Å². The van der Waals surface area contributed by atoms with E-state index in [4.69, 9.17) is 18.0 Å². The quantitative estimate of drug-likeness (QED) is 0.661. The summed E-state index contributed by atoms with van der Waals surface area (Å²) in [5.41, 5.74) is 5.32. The van der Waals surface area contributed by atoms with E-state index in [0.29, 0.717) is 10.9 Å². The number of carbonyl (C=O) groups excluding carboxylic acids is 1. The van der Waals surface area contributed by atoms with Gasteiger partial charge in [-0.2, -0.15) is 0 Å². The van der Waals surface area contributed by atoms with Crippen LogP contribution in [0.3, 0.4) is 0 Å². The van der Waals surface area contributed by atoms with E-state index < -0.39 is 5.41 Å². The maximum absolute atomic E-state index is 12.9. The third-order valence-corrected chi connectivity index (χ3v) is 3.88. The molecule has 0 aliphatic carbocycles. The number of hydrogen-bond donors (Lipinski definition) is 1. The number of thiocarbonyl (C=S) groups is 1. The lowest BCUT2D eigenvalue weighted by Gasteiger charge is -2.37. The van der Waals surface area contributed by atoms with Crippen molar-refractivity contribution in [3.8, 4) is 0 Å². The normalized spacial score (nSPS) is 11.7. The first-order valence-corrected chi connectivity index (χ1v) is 7.85. The number of nitrogens with two attached hydrogens (primary N) is 1. The van der Waals surface area contributed by atoms with Gasteiger partial charge in [0, 0.05) is 13.1 Å². The molecule has 1 amide bonds. The molecule has 0 fully saturated rings. The van der Waals surface area contributed by atoms with Crippen molar-refractivity contribution < 1.29 is 4.79 Å². The van der Waals surface area contributed by atoms with Gasteiger partial charge in [0.25, 0.3) is 0 Å². The fourth-order valence-corrected chi connectivity index (χ4v) is 2.93. The van der Waals surface area contributed by atoms with Crippen LogP contribution >= 0.6 is 12.2 Å². The molecule has 0 unspecified atom stereocenters. The fourth-order valence-electron chi connectivity index (χ4n) is 2.64. The number of rotatable bonds is 9. The molecular formula is C15H30N2OS. The molecule has 0 spiro atoms. The minimum Gasteiger partial charge on any atom is -0.392 e. The van der Waals surface area contributed by atoms with Gasteiger partial charge in [0.1, 0.15) is 0 Å². The second-order valence-corrected chi connectivity index (χ2v) is 6.12. The Labute approximate surface area is 123 Å². The van der Waals surface area contributed by atoms with Crippen LogP contribution in [0.1, 0.15) is 60.3 Å². The summed E-state index contributed by atoms with van der Waals surface area (Å²) in [6.07, 6.45) is 3.35. The van der Waals surface area contributed by atoms with E-state index >= 15 is 0 Å². The monoisotopic (exact) mass is 286 g/mol. The summed E-state index contributed by atoms with van der Waals surface area (Å²) in [6, 6.07) is 0. The van der Waals surface area contributed by atoms with E-state index in [2.05, 4.69) is 27.7 Å². The fraction of sp³-hybridized carbons (Fsp3) is 0.867. The summed E-state index contributed by atoms with van der Waals surface area (Å²) in [5.74, 6) is 0.580. The molecule has 0 aromatic carbocycles. The zero-order chi connectivity index (χ0) is 15.1. The summed E-state index contributed by atoms with van der Waals surface area (Å²) < 4.78 is 0. The molecule has 3 nitrogen and oxygen atoms in total. The van der Waals surface area contributed by atoms with Gasteiger partial charge in [0.15, 0.2) is 0 Å². The van der Waals surface area contributed by atoms with Crippen molar-refractivity contribution in [2.75, 3.05) is 13.1 Å². The number of carbonyl (C=O) groups is 1. The number of amides is 1. The molecule has 0 atom stereocenters. The Bertz CT molecular complexity index is 297. The molecule has 0 radical (unpaired) electrons. The van der Waals surface area contributed by atoms with Crippen LogP contribution < -0.4 is 5.73 Å². The summed E-state index contributed by atoms with van der Waals surface area (Å²) >= 11 is 5.25. The molecule has 0 heterocycles. The Morgan fingerprint density at radius 2 is 1.68 bits per heavy atom. The van der Waals surface area contributed by atoms with Crippen LogP contribution in [0.2, 0.25) is 0 Å². The average molecular weight is 286 g/mol. The maximum atomic E-state index is 12.9. The van der Waals surface area contributed by atoms with Crippen molar-refractivity contribution in [1.82, 2.24) is 4.90 Å². The van der Waals surface area contributed by atoms with Crippen LogP contribution in [0.15, 0.2) is 0 Å². The summed E-state index contributed by atoms with van der Waals surface area (Å²) in [7, 11) is 0. The minimum atomic E-state index is -0.635. The first-order valence-electron chi connectivity index (χ1n) is 7.44. The zero-order valence-corrected chi connectivity index (χ0v) is 14.0. The molecular weight excluding hydrogens is 256 g/mol. The highest BCUT2D eigenvalue weighted by molar-refractivity contribution is 7.80. The van der Waals surface area contributed by atoms with Gasteiger partial charge in [-0.25, -0.2) is 0 Å². The van der Waals surface area contributed by atoms with E-state index in [1.807, 2.05) is 11.8 Å². The zero-order valence-electron chi connectivity index (χ0n) is 13.2. The lowest BCUT2D eigenvalue weighted by Crippen LogP contribution is -2.51. The minimum absolute atomic E-state index is 0.125. The molecule has 0 bridgehead atoms. The second kappa shape index (κ2) is 8.51. The van der Waals surface area contributed by atoms with Crippen LogP contribution in [-0.2, 0) is 4.79 Å². The van der Waals surface area contributed by atoms with Gasteiger partial charge in [0.2, 0.25) is 5.91 Å². The Morgan fingerprint density at radius 3 is 1.95 bits per heavy atom. The molecule has 2 N–H and O–H groups in total. The van der Waals surface area contributed by atoms with Gasteiger partial charge < -0.3 is 10.6 Å². The van der Waals surface area contributed by atoms with Crippen LogP contribution in [0.4, 0.5) is 0 Å². The van der Waals surface area contributed by atoms with Crippen LogP contribution in [0.25, 0.3) is 0 Å². The Morgan fingerprint density at radius 1 is 1.21 bits per heavy atom. The van der Waals surface area contributed by atoms with Gasteiger partial charge in [-0.1, -0.05) is 52.8 Å². The Balaban J connectivity index is 5.31. The van der Waals surface area contributed by atoms with E-state index in [1.165, 1.54) is 0 Å². The van der Waals surface area contributed by atoms with Crippen molar-refractivity contribution in [2.45, 2.75) is 60.3 Å². The smallest absolute Gasteiger partial charge is 0.235 e. The first-order chi connectivity index (χ1) is 8.85. The van der Waals surface area contributed by atoms with Crippen molar-refractivity contribution in [2.24, 2.45) is 17.1 Å². The number of hydrogen-bond acceptors (Lipinski definition) is 2. The summed E-state index contributed by atoms with van der Waals surface area (Å²) in [4.78, 5) is 15.2. The third kappa shape index (κ3) is 4.75. The highest BCUT2D eigenvalue weighted by Crippen LogP contribution is 2.33. The lowest BCUT2D eigenvalue weighted by molar-refractivity contribution is -0.139. The van der Waals surface area contributed by atoms with Gasteiger partial charge >= 0.3 is 0 Å². The van der Waals surface area contributed by atoms with Crippen molar-refractivity contribution >= 4 is 23.1 Å². The SMILES string of the molecule is CCCC(CCC)(C(=O)N(CC)CC(C)C)C(N)=S. The predicted octanol–water partition coefficient (Wildman–Crippen LogP) is 3.36. The first kappa shape index (κ1) is 18.4. The van der Waals surface area contributed by atoms with Crippen LogP contribution in [0.5, 0.6) is 0 Å². The van der Waals surface area contributed by atoms with Gasteiger partial charge in [-0.3, -0.25) is 4.79 Å². The highest BCUT2D eigenvalue weighted by Gasteiger charge is 2.42. The standard InChI is InChI=1S/C15H30N2OS/c1-6-9-15(10-7-2,13(16)19)14(18)17(8-3)11-12(4)5/h12H,6-11H2,1-5H3,(H2,16,19). The molecule has 0 aromatic rings. The second-order valence-electron chi connectivity index (χ2n) is 5.68. The number of nitrogens with zero attached hydrogens (tertiary/aromatic N) is 1. The van der Waals surface area contributed by atoms with Crippen molar-refractivity contribution in [1.29, 1.82) is 0 Å².